The standard InChI is InChI=1S/C28H25P.2ClH.Ti/c1-18-10-11-19(2)26-15-23(14-25(18)26)29(22-8-6-5-7-9-22)24-16-27-20(3)12-13-21(4)28(27)17-24;;;/h5-17H,1-4H3;2*1H;/q;;;+2/p-2. The molecular weight excluding hydrogens is 486 g/mol. The molecule has 2 atom stereocenters. The molecule has 6 rings (SSSR count). The van der Waals surface area contributed by atoms with Gasteiger partial charge in [-0.15, -0.1) is 0 Å². The second-order valence-corrected chi connectivity index (χ2v) is 13.4. The van der Waals surface area contributed by atoms with Crippen molar-refractivity contribution in [3.05, 3.63) is 110 Å². The second kappa shape index (κ2) is 8.90. The molecule has 0 N–H and O–H groups in total. The van der Waals surface area contributed by atoms with Crippen LogP contribution in [0.3, 0.4) is 0 Å². The first-order valence-corrected chi connectivity index (χ1v) is 13.9. The van der Waals surface area contributed by atoms with Gasteiger partial charge in [-0.3, -0.25) is 0 Å². The minimum Gasteiger partial charge on any atom is -1.00 e. The fraction of sp³-hybridized carbons (Fsp3) is 0.214. The van der Waals surface area contributed by atoms with Crippen LogP contribution in [0.1, 0.15) is 53.0 Å². The number of hydrogen-bond acceptors (Lipinski definition) is 0. The third kappa shape index (κ3) is 3.43. The van der Waals surface area contributed by atoms with Gasteiger partial charge in [-0.1, -0.05) is 0 Å². The van der Waals surface area contributed by atoms with Gasteiger partial charge in [-0.05, 0) is 0 Å². The number of allylic oxidation sites excluding steroid dienone is 2. The summed E-state index contributed by atoms with van der Waals surface area (Å²) in [6.45, 7) is 9.24. The predicted molar refractivity (Wildman–Crippen MR) is 126 cm³/mol. The molecule has 1 aliphatic heterocycles. The fourth-order valence-corrected chi connectivity index (χ4v) is 13.0. The minimum absolute atomic E-state index is 0. The van der Waals surface area contributed by atoms with Gasteiger partial charge in [0.25, 0.3) is 0 Å². The van der Waals surface area contributed by atoms with Crippen LogP contribution in [0.4, 0.5) is 0 Å². The van der Waals surface area contributed by atoms with Crippen LogP contribution < -0.4 is 30.1 Å². The molecule has 160 valence electrons. The molecule has 1 fully saturated rings. The molecule has 0 saturated carbocycles. The number of fused-ring (bicyclic) bond motifs is 6. The van der Waals surface area contributed by atoms with Crippen molar-refractivity contribution >= 4 is 25.4 Å². The zero-order chi connectivity index (χ0) is 20.6. The van der Waals surface area contributed by atoms with E-state index in [-0.39, 0.29) is 44.0 Å². The van der Waals surface area contributed by atoms with Gasteiger partial charge in [0.05, 0.1) is 0 Å². The van der Waals surface area contributed by atoms with Crippen molar-refractivity contribution in [2.24, 2.45) is 0 Å². The van der Waals surface area contributed by atoms with Crippen LogP contribution in [-0.4, -0.2) is 0 Å². The van der Waals surface area contributed by atoms with Gasteiger partial charge in [-0.2, -0.15) is 0 Å². The molecule has 3 aromatic rings. The summed E-state index contributed by atoms with van der Waals surface area (Å²) in [6.07, 6.45) is 5.20. The third-order valence-electron chi connectivity index (χ3n) is 7.06. The Morgan fingerprint density at radius 3 is 1.50 bits per heavy atom. The number of benzene rings is 3. The van der Waals surface area contributed by atoms with E-state index in [4.69, 9.17) is 0 Å². The number of aryl methyl sites for hydroxylation is 4. The number of rotatable bonds is 1. The molecule has 0 radical (unpaired) electrons. The topological polar surface area (TPSA) is 0 Å². The van der Waals surface area contributed by atoms with Gasteiger partial charge in [0.1, 0.15) is 0 Å². The molecule has 0 aromatic heterocycles. The summed E-state index contributed by atoms with van der Waals surface area (Å²) < 4.78 is 1.36. The van der Waals surface area contributed by atoms with Gasteiger partial charge in [0.15, 0.2) is 0 Å². The van der Waals surface area contributed by atoms with Crippen LogP contribution in [0.2, 0.25) is 0 Å². The Bertz CT molecular complexity index is 1200. The summed E-state index contributed by atoms with van der Waals surface area (Å²) in [5, 5.41) is 4.99. The summed E-state index contributed by atoms with van der Waals surface area (Å²) in [5.41, 5.74) is 12.2. The average Bonchev–Trinajstić information content (AvgIpc) is 3.33. The molecule has 0 spiro atoms. The van der Waals surface area contributed by atoms with Crippen LogP contribution in [0.25, 0.3) is 12.2 Å². The molecule has 32 heavy (non-hydrogen) atoms. The maximum absolute atomic E-state index is 2.60. The van der Waals surface area contributed by atoms with Crippen molar-refractivity contribution in [3.63, 3.8) is 0 Å². The van der Waals surface area contributed by atoms with E-state index in [2.05, 4.69) is 94.4 Å². The molecule has 2 aliphatic carbocycles. The number of hydrogen-bond donors (Lipinski definition) is 0. The van der Waals surface area contributed by atoms with E-state index in [1.807, 2.05) is 0 Å². The van der Waals surface area contributed by atoms with E-state index < -0.39 is 7.92 Å². The van der Waals surface area contributed by atoms with E-state index >= 15 is 0 Å². The molecule has 2 unspecified atom stereocenters. The maximum atomic E-state index is 2.60. The second-order valence-electron chi connectivity index (χ2n) is 8.90. The first-order chi connectivity index (χ1) is 14.5. The normalized spacial score (nSPS) is 21.3. The van der Waals surface area contributed by atoms with Gasteiger partial charge in [0, 0.05) is 0 Å². The van der Waals surface area contributed by atoms with E-state index in [1.54, 1.807) is 21.8 Å². The molecule has 0 amide bonds. The Kier molecular flexibility index (Phi) is 6.68. The molecule has 4 heteroatoms. The summed E-state index contributed by atoms with van der Waals surface area (Å²) >= 11 is -0.222. The van der Waals surface area contributed by atoms with Crippen LogP contribution in [0, 0.1) is 27.7 Å². The summed E-state index contributed by atoms with van der Waals surface area (Å²) in [5.74, 6) is 0. The first-order valence-electron chi connectivity index (χ1n) is 10.8. The van der Waals surface area contributed by atoms with Crippen molar-refractivity contribution in [1.82, 2.24) is 0 Å². The molecule has 1 saturated heterocycles. The Hall–Kier alpha value is -1.14. The summed E-state index contributed by atoms with van der Waals surface area (Å²) in [7, 11) is -0.436. The smallest absolute Gasteiger partial charge is 1.00 e. The molecule has 1 heterocycles. The van der Waals surface area contributed by atoms with Crippen LogP contribution >= 0.6 is 7.92 Å². The molecular formula is C28H25Cl2PTi. The number of halogens is 2. The quantitative estimate of drug-likeness (QED) is 0.342. The van der Waals surface area contributed by atoms with E-state index in [1.165, 1.54) is 38.7 Å². The summed E-state index contributed by atoms with van der Waals surface area (Å²) in [6, 6.07) is 20.7. The molecule has 3 aromatic carbocycles. The zero-order valence-electron chi connectivity index (χ0n) is 18.7. The van der Waals surface area contributed by atoms with Gasteiger partial charge in [0.2, 0.25) is 0 Å². The Balaban J connectivity index is 0.00000122. The molecule has 3 aliphatic rings. The van der Waals surface area contributed by atoms with Gasteiger partial charge >= 0.3 is 190 Å². The van der Waals surface area contributed by atoms with Gasteiger partial charge < -0.3 is 24.8 Å². The Morgan fingerprint density at radius 2 is 1.03 bits per heavy atom. The van der Waals surface area contributed by atoms with Crippen LogP contribution in [0.15, 0.2) is 65.2 Å². The molecule has 0 nitrogen and oxygen atoms in total. The molecule has 0 bridgehead atoms. The SMILES string of the molecule is Cc1ccc(C)c2c1C=C1[CH]2[Ti+2][CH]2C(=Cc3c(C)ccc(C)c32)P1c1ccccc1.[Cl-].[Cl-]. The first kappa shape index (κ1) is 24.0. The zero-order valence-corrected chi connectivity index (χ0v) is 22.7. The maximum Gasteiger partial charge on any atom is -1.00 e. The van der Waals surface area contributed by atoms with E-state index in [0.29, 0.717) is 8.45 Å². The van der Waals surface area contributed by atoms with Crippen molar-refractivity contribution < 1.29 is 44.0 Å². The Morgan fingerprint density at radius 1 is 0.594 bits per heavy atom. The predicted octanol–water partition coefficient (Wildman–Crippen LogP) is 1.32. The van der Waals surface area contributed by atoms with Crippen molar-refractivity contribution in [2.45, 2.75) is 36.1 Å². The largest absolute Gasteiger partial charge is 1.00 e. The van der Waals surface area contributed by atoms with Crippen LogP contribution in [0.5, 0.6) is 0 Å². The van der Waals surface area contributed by atoms with E-state index in [9.17, 15) is 0 Å². The summed E-state index contributed by atoms with van der Waals surface area (Å²) in [4.78, 5) is 0. The average molecular weight is 511 g/mol. The van der Waals surface area contributed by atoms with Crippen LogP contribution in [-0.2, 0) is 19.2 Å². The van der Waals surface area contributed by atoms with Gasteiger partial charge in [-0.25, -0.2) is 0 Å². The van der Waals surface area contributed by atoms with E-state index in [0.717, 1.165) is 0 Å². The monoisotopic (exact) mass is 510 g/mol. The minimum atomic E-state index is -0.436. The van der Waals surface area contributed by atoms with Crippen molar-refractivity contribution in [2.75, 3.05) is 0 Å². The van der Waals surface area contributed by atoms with Crippen molar-refractivity contribution in [3.8, 4) is 0 Å². The third-order valence-corrected chi connectivity index (χ3v) is 13.4. The Labute approximate surface area is 214 Å². The fourth-order valence-electron chi connectivity index (χ4n) is 5.53. The van der Waals surface area contributed by atoms with Crippen molar-refractivity contribution in [1.29, 1.82) is 0 Å².